The van der Waals surface area contributed by atoms with Crippen LogP contribution in [0.15, 0.2) is 48.5 Å². The fourth-order valence-electron chi connectivity index (χ4n) is 4.48. The Morgan fingerprint density at radius 3 is 2.62 bits per heavy atom. The van der Waals surface area contributed by atoms with Crippen LogP contribution in [0.4, 0.5) is 11.4 Å². The Bertz CT molecular complexity index is 1310. The summed E-state index contributed by atoms with van der Waals surface area (Å²) in [6.07, 6.45) is 3.81. The molecule has 7 nitrogen and oxygen atoms in total. The largest absolute Gasteiger partial charge is 0.454 e. The van der Waals surface area contributed by atoms with Crippen LogP contribution in [-0.4, -0.2) is 33.9 Å². The molecule has 3 aromatic rings. The van der Waals surface area contributed by atoms with E-state index < -0.39 is 10.0 Å². The Kier molecular flexibility index (Phi) is 5.17. The van der Waals surface area contributed by atoms with Crippen molar-refractivity contribution in [2.45, 2.75) is 25.7 Å². The van der Waals surface area contributed by atoms with E-state index in [-0.39, 0.29) is 25.7 Å². The van der Waals surface area contributed by atoms with Crippen LogP contribution in [0.5, 0.6) is 11.5 Å². The summed E-state index contributed by atoms with van der Waals surface area (Å²) in [6.45, 7) is 0.310. The highest BCUT2D eigenvalue weighted by Gasteiger charge is 2.22. The summed E-state index contributed by atoms with van der Waals surface area (Å²) in [7, 11) is -3.52. The van der Waals surface area contributed by atoms with E-state index in [9.17, 15) is 13.2 Å². The normalized spacial score (nSPS) is 14.0. The van der Waals surface area contributed by atoms with Crippen LogP contribution in [-0.2, 0) is 27.7 Å². The van der Waals surface area contributed by atoms with Gasteiger partial charge in [-0.2, -0.15) is 0 Å². The van der Waals surface area contributed by atoms with E-state index in [0.717, 1.165) is 30.2 Å². The van der Waals surface area contributed by atoms with E-state index in [0.29, 0.717) is 23.6 Å². The van der Waals surface area contributed by atoms with Gasteiger partial charge in [-0.3, -0.25) is 9.10 Å². The molecular formula is C24H24N2O5S. The lowest BCUT2D eigenvalue weighted by molar-refractivity contribution is -0.116. The number of nitrogens with zero attached hydrogens (tertiary/aromatic N) is 1. The molecule has 32 heavy (non-hydrogen) atoms. The van der Waals surface area contributed by atoms with Gasteiger partial charge in [0.25, 0.3) is 0 Å². The lowest BCUT2D eigenvalue weighted by Gasteiger charge is -2.22. The number of benzene rings is 3. The Morgan fingerprint density at radius 2 is 1.81 bits per heavy atom. The molecule has 0 atom stereocenters. The first-order valence-electron chi connectivity index (χ1n) is 10.6. The fraction of sp³-hybridized carbons (Fsp3) is 0.292. The molecule has 0 aromatic heterocycles. The van der Waals surface area contributed by atoms with Crippen molar-refractivity contribution in [3.8, 4) is 11.5 Å². The molecule has 1 aliphatic carbocycles. The molecule has 0 radical (unpaired) electrons. The molecule has 0 saturated carbocycles. The number of sulfonamides is 1. The summed E-state index contributed by atoms with van der Waals surface area (Å²) in [6, 6.07) is 15.3. The van der Waals surface area contributed by atoms with Gasteiger partial charge in [0.15, 0.2) is 11.5 Å². The molecule has 1 amide bonds. The monoisotopic (exact) mass is 452 g/mol. The number of carbonyl (C=O) groups excluding carboxylic acids is 1. The number of hydrogen-bond acceptors (Lipinski definition) is 5. The molecule has 8 heteroatoms. The quantitative estimate of drug-likeness (QED) is 0.589. The summed E-state index contributed by atoms with van der Waals surface area (Å²) in [5, 5.41) is 5.32. The van der Waals surface area contributed by atoms with Gasteiger partial charge >= 0.3 is 0 Å². The summed E-state index contributed by atoms with van der Waals surface area (Å²) < 4.78 is 36.7. The maximum absolute atomic E-state index is 12.6. The van der Waals surface area contributed by atoms with E-state index >= 15 is 0 Å². The zero-order valence-electron chi connectivity index (χ0n) is 17.8. The van der Waals surface area contributed by atoms with Crippen molar-refractivity contribution >= 4 is 38.1 Å². The van der Waals surface area contributed by atoms with Gasteiger partial charge in [-0.25, -0.2) is 8.42 Å². The average molecular weight is 453 g/mol. The average Bonchev–Trinajstić information content (AvgIpc) is 3.40. The van der Waals surface area contributed by atoms with Crippen molar-refractivity contribution in [1.82, 2.24) is 0 Å². The van der Waals surface area contributed by atoms with Crippen molar-refractivity contribution in [2.24, 2.45) is 0 Å². The van der Waals surface area contributed by atoms with Crippen LogP contribution < -0.4 is 19.1 Å². The lowest BCUT2D eigenvalue weighted by Crippen LogP contribution is -2.31. The number of aryl methyl sites for hydroxylation is 2. The number of amides is 1. The Hall–Kier alpha value is -3.26. The molecule has 0 fully saturated rings. The summed E-state index contributed by atoms with van der Waals surface area (Å²) in [5.41, 5.74) is 3.93. The summed E-state index contributed by atoms with van der Waals surface area (Å²) in [5.74, 6) is 0.968. The van der Waals surface area contributed by atoms with Crippen molar-refractivity contribution in [1.29, 1.82) is 0 Å². The minimum Gasteiger partial charge on any atom is -0.454 e. The van der Waals surface area contributed by atoms with Crippen molar-refractivity contribution in [2.75, 3.05) is 29.2 Å². The van der Waals surface area contributed by atoms with Crippen LogP contribution in [0.1, 0.15) is 24.0 Å². The Labute approximate surface area is 187 Å². The third-order valence-corrected chi connectivity index (χ3v) is 7.15. The van der Waals surface area contributed by atoms with E-state index in [2.05, 4.69) is 17.4 Å². The van der Waals surface area contributed by atoms with E-state index in [1.807, 2.05) is 18.2 Å². The van der Waals surface area contributed by atoms with Crippen LogP contribution >= 0.6 is 0 Å². The molecule has 5 rings (SSSR count). The molecule has 1 heterocycles. The van der Waals surface area contributed by atoms with E-state index in [1.165, 1.54) is 20.8 Å². The molecule has 2 aliphatic rings. The third kappa shape index (κ3) is 3.86. The van der Waals surface area contributed by atoms with Gasteiger partial charge in [0.05, 0.1) is 11.9 Å². The highest BCUT2D eigenvalue weighted by atomic mass is 32.2. The third-order valence-electron chi connectivity index (χ3n) is 5.96. The SMILES string of the molecule is CS(=O)(=O)N(CCCC(=O)Nc1ccc2c3c(cccc13)CC2)c1ccc2c(c1)OCO2. The second-order valence-electron chi connectivity index (χ2n) is 8.14. The molecule has 0 saturated heterocycles. The van der Waals surface area contributed by atoms with Gasteiger partial charge in [0.1, 0.15) is 0 Å². The topological polar surface area (TPSA) is 84.9 Å². The van der Waals surface area contributed by atoms with Gasteiger partial charge in [-0.1, -0.05) is 24.3 Å². The van der Waals surface area contributed by atoms with E-state index in [4.69, 9.17) is 9.47 Å². The predicted molar refractivity (Wildman–Crippen MR) is 124 cm³/mol. The second-order valence-corrected chi connectivity index (χ2v) is 10.0. The smallest absolute Gasteiger partial charge is 0.232 e. The van der Waals surface area contributed by atoms with E-state index in [1.54, 1.807) is 18.2 Å². The minimum absolute atomic E-state index is 0.120. The molecule has 166 valence electrons. The number of carbonyl (C=O) groups is 1. The zero-order chi connectivity index (χ0) is 22.3. The maximum Gasteiger partial charge on any atom is 0.232 e. The summed E-state index contributed by atoms with van der Waals surface area (Å²) in [4.78, 5) is 12.6. The predicted octanol–water partition coefficient (Wildman–Crippen LogP) is 3.85. The fourth-order valence-corrected chi connectivity index (χ4v) is 5.44. The highest BCUT2D eigenvalue weighted by molar-refractivity contribution is 7.92. The first-order chi connectivity index (χ1) is 15.4. The Balaban J connectivity index is 1.26. The number of fused-ring (bicyclic) bond motifs is 1. The van der Waals surface area contributed by atoms with Crippen molar-refractivity contribution < 1.29 is 22.7 Å². The number of hydrogen-bond donors (Lipinski definition) is 1. The molecular weight excluding hydrogens is 428 g/mol. The van der Waals surface area contributed by atoms with Crippen LogP contribution in [0.3, 0.4) is 0 Å². The first kappa shape index (κ1) is 20.6. The molecule has 0 spiro atoms. The summed E-state index contributed by atoms with van der Waals surface area (Å²) >= 11 is 0. The molecule has 0 unspecified atom stereocenters. The number of ether oxygens (including phenoxy) is 2. The number of anilines is 2. The van der Waals surface area contributed by atoms with Gasteiger partial charge in [-0.05, 0) is 54.0 Å². The van der Waals surface area contributed by atoms with Gasteiger partial charge in [0.2, 0.25) is 22.7 Å². The standard InChI is InChI=1S/C24H24N2O5S/c1-32(28,29)26(18-10-12-21-22(14-18)31-15-30-21)13-3-6-23(27)25-20-11-9-17-8-7-16-4-2-5-19(20)24(16)17/h2,4-5,9-12,14H,3,6-8,13,15H2,1H3,(H,25,27). The highest BCUT2D eigenvalue weighted by Crippen LogP contribution is 2.37. The number of rotatable bonds is 7. The van der Waals surface area contributed by atoms with Gasteiger partial charge in [0, 0.05) is 30.1 Å². The van der Waals surface area contributed by atoms with Crippen LogP contribution in [0, 0.1) is 0 Å². The molecule has 0 bridgehead atoms. The first-order valence-corrected chi connectivity index (χ1v) is 12.5. The molecule has 1 aliphatic heterocycles. The van der Waals surface area contributed by atoms with Crippen LogP contribution in [0.2, 0.25) is 0 Å². The van der Waals surface area contributed by atoms with Crippen molar-refractivity contribution in [3.05, 3.63) is 59.7 Å². The number of nitrogens with one attached hydrogen (secondary N) is 1. The molecule has 1 N–H and O–H groups in total. The molecule has 3 aromatic carbocycles. The van der Waals surface area contributed by atoms with Gasteiger partial charge < -0.3 is 14.8 Å². The minimum atomic E-state index is -3.52. The van der Waals surface area contributed by atoms with Crippen LogP contribution in [0.25, 0.3) is 10.8 Å². The second kappa shape index (κ2) is 8.02. The zero-order valence-corrected chi connectivity index (χ0v) is 18.6. The van der Waals surface area contributed by atoms with Crippen molar-refractivity contribution in [3.63, 3.8) is 0 Å². The lowest BCUT2D eigenvalue weighted by atomic mass is 10.0. The maximum atomic E-state index is 12.6. The van der Waals surface area contributed by atoms with Gasteiger partial charge in [-0.15, -0.1) is 0 Å². The Morgan fingerprint density at radius 1 is 1.03 bits per heavy atom.